The van der Waals surface area contributed by atoms with Gasteiger partial charge in [-0.15, -0.1) is 0 Å². The number of carbonyl (C=O) groups excluding carboxylic acids is 1. The molecule has 1 amide bonds. The molecule has 0 spiro atoms. The third kappa shape index (κ3) is 5.77. The first-order chi connectivity index (χ1) is 11.8. The van der Waals surface area contributed by atoms with Gasteiger partial charge in [0.2, 0.25) is 0 Å². The fourth-order valence-electron chi connectivity index (χ4n) is 2.12. The van der Waals surface area contributed by atoms with Crippen molar-refractivity contribution in [3.05, 3.63) is 53.9 Å². The molecule has 0 radical (unpaired) electrons. The maximum absolute atomic E-state index is 12.6. The van der Waals surface area contributed by atoms with E-state index in [9.17, 15) is 18.0 Å². The zero-order valence-electron chi connectivity index (χ0n) is 14.0. The monoisotopic (exact) mass is 351 g/mol. The molecule has 2 N–H and O–H groups in total. The van der Waals surface area contributed by atoms with Crippen LogP contribution in [-0.4, -0.2) is 17.4 Å². The van der Waals surface area contributed by atoms with Crippen LogP contribution < -0.4 is 10.6 Å². The Hall–Kier alpha value is -2.57. The second-order valence-corrected chi connectivity index (χ2v) is 6.10. The predicted molar refractivity (Wildman–Crippen MR) is 90.8 cm³/mol. The van der Waals surface area contributed by atoms with Crippen LogP contribution in [0.25, 0.3) is 0 Å². The lowest BCUT2D eigenvalue weighted by Crippen LogP contribution is -2.25. The smallest absolute Gasteiger partial charge is 0.354 e. The number of nitrogens with one attached hydrogen (secondary N) is 2. The predicted octanol–water partition coefficient (Wildman–Crippen LogP) is 4.62. The average Bonchev–Trinajstić information content (AvgIpc) is 2.54. The van der Waals surface area contributed by atoms with Crippen LogP contribution in [0.4, 0.5) is 24.5 Å². The molecule has 0 saturated heterocycles. The molecule has 0 atom stereocenters. The summed E-state index contributed by atoms with van der Waals surface area (Å²) in [5.74, 6) is 0.260. The molecular formula is C18H20F3N3O. The van der Waals surface area contributed by atoms with Gasteiger partial charge in [-0.05, 0) is 42.7 Å². The van der Waals surface area contributed by atoms with Gasteiger partial charge in [0.25, 0.3) is 5.91 Å². The molecule has 0 aliphatic heterocycles. The molecule has 4 nitrogen and oxygen atoms in total. The van der Waals surface area contributed by atoms with Crippen LogP contribution in [0.5, 0.6) is 0 Å². The summed E-state index contributed by atoms with van der Waals surface area (Å²) < 4.78 is 37.7. The normalized spacial score (nSPS) is 11.4. The van der Waals surface area contributed by atoms with Gasteiger partial charge < -0.3 is 10.6 Å². The molecule has 1 aromatic carbocycles. The van der Waals surface area contributed by atoms with Crippen molar-refractivity contribution in [1.82, 2.24) is 10.3 Å². The van der Waals surface area contributed by atoms with Crippen LogP contribution in [0.3, 0.4) is 0 Å². The molecule has 25 heavy (non-hydrogen) atoms. The van der Waals surface area contributed by atoms with Gasteiger partial charge in [0.05, 0.1) is 23.0 Å². The van der Waals surface area contributed by atoms with E-state index in [-0.39, 0.29) is 5.91 Å². The van der Waals surface area contributed by atoms with Crippen molar-refractivity contribution in [2.24, 2.45) is 5.92 Å². The number of anilines is 2. The van der Waals surface area contributed by atoms with Crippen LogP contribution in [0.2, 0.25) is 0 Å². The molecule has 1 aromatic heterocycles. The summed E-state index contributed by atoms with van der Waals surface area (Å²) >= 11 is 0. The highest BCUT2D eigenvalue weighted by molar-refractivity contribution is 5.94. The third-order valence-electron chi connectivity index (χ3n) is 3.51. The Morgan fingerprint density at radius 2 is 1.80 bits per heavy atom. The molecule has 7 heteroatoms. The molecule has 1 heterocycles. The van der Waals surface area contributed by atoms with Gasteiger partial charge in [-0.2, -0.15) is 13.2 Å². The lowest BCUT2D eigenvalue weighted by molar-refractivity contribution is -0.137. The Balaban J connectivity index is 2.02. The largest absolute Gasteiger partial charge is 0.416 e. The van der Waals surface area contributed by atoms with E-state index in [0.29, 0.717) is 29.4 Å². The number of rotatable bonds is 6. The van der Waals surface area contributed by atoms with Crippen molar-refractivity contribution in [2.75, 3.05) is 11.9 Å². The van der Waals surface area contributed by atoms with Gasteiger partial charge >= 0.3 is 6.18 Å². The highest BCUT2D eigenvalue weighted by Crippen LogP contribution is 2.30. The summed E-state index contributed by atoms with van der Waals surface area (Å²) in [7, 11) is 0. The van der Waals surface area contributed by atoms with E-state index in [0.717, 1.165) is 18.6 Å². The fraction of sp³-hybridized carbons (Fsp3) is 0.333. The zero-order chi connectivity index (χ0) is 18.4. The number of nitrogens with zero attached hydrogens (tertiary/aromatic N) is 1. The summed E-state index contributed by atoms with van der Waals surface area (Å²) in [6.45, 7) is 4.72. The van der Waals surface area contributed by atoms with Crippen LogP contribution in [0.15, 0.2) is 42.7 Å². The Morgan fingerprint density at radius 3 is 2.40 bits per heavy atom. The number of hydrogen-bond donors (Lipinski definition) is 2. The van der Waals surface area contributed by atoms with Crippen LogP contribution in [0.1, 0.15) is 36.2 Å². The molecule has 0 bridgehead atoms. The lowest BCUT2D eigenvalue weighted by atomic mass is 10.1. The van der Waals surface area contributed by atoms with Gasteiger partial charge in [-0.1, -0.05) is 13.8 Å². The maximum Gasteiger partial charge on any atom is 0.416 e. The summed E-state index contributed by atoms with van der Waals surface area (Å²) in [6, 6.07) is 6.27. The zero-order valence-corrected chi connectivity index (χ0v) is 14.0. The lowest BCUT2D eigenvalue weighted by Gasteiger charge is -2.11. The van der Waals surface area contributed by atoms with Gasteiger partial charge in [0, 0.05) is 18.4 Å². The molecule has 0 fully saturated rings. The summed E-state index contributed by atoms with van der Waals surface area (Å²) in [4.78, 5) is 16.1. The van der Waals surface area contributed by atoms with E-state index in [4.69, 9.17) is 0 Å². The number of aromatic nitrogens is 1. The van der Waals surface area contributed by atoms with E-state index < -0.39 is 11.7 Å². The van der Waals surface area contributed by atoms with Gasteiger partial charge in [-0.3, -0.25) is 9.78 Å². The quantitative estimate of drug-likeness (QED) is 0.798. The first-order valence-electron chi connectivity index (χ1n) is 7.93. The Kier molecular flexibility index (Phi) is 6.01. The maximum atomic E-state index is 12.6. The van der Waals surface area contributed by atoms with Gasteiger partial charge in [0.15, 0.2) is 0 Å². The van der Waals surface area contributed by atoms with Crippen molar-refractivity contribution < 1.29 is 18.0 Å². The molecule has 0 unspecified atom stereocenters. The van der Waals surface area contributed by atoms with Crippen molar-refractivity contribution in [3.63, 3.8) is 0 Å². The SMILES string of the molecule is CC(C)CCNC(=O)c1cncc(Nc2ccc(C(F)(F)F)cc2)c1. The number of halogens is 3. The Morgan fingerprint density at radius 1 is 1.12 bits per heavy atom. The number of alkyl halides is 3. The topological polar surface area (TPSA) is 54.0 Å². The number of hydrogen-bond acceptors (Lipinski definition) is 3. The standard InChI is InChI=1S/C18H20F3N3O/c1-12(2)7-8-23-17(25)13-9-16(11-22-10-13)24-15-5-3-14(4-6-15)18(19,20)21/h3-6,9-12,24H,7-8H2,1-2H3,(H,23,25). The number of amides is 1. The molecule has 0 aliphatic carbocycles. The molecule has 134 valence electrons. The van der Waals surface area contributed by atoms with Crippen LogP contribution in [0, 0.1) is 5.92 Å². The van der Waals surface area contributed by atoms with E-state index in [1.807, 2.05) is 0 Å². The van der Waals surface area contributed by atoms with E-state index in [1.54, 1.807) is 6.07 Å². The molecule has 2 aromatic rings. The number of benzene rings is 1. The van der Waals surface area contributed by atoms with Gasteiger partial charge in [-0.25, -0.2) is 0 Å². The number of carbonyl (C=O) groups is 1. The second kappa shape index (κ2) is 8.00. The number of pyridine rings is 1. The van der Waals surface area contributed by atoms with E-state index >= 15 is 0 Å². The Bertz CT molecular complexity index is 712. The van der Waals surface area contributed by atoms with Gasteiger partial charge in [0.1, 0.15) is 0 Å². The summed E-state index contributed by atoms with van der Waals surface area (Å²) in [5.41, 5.74) is 0.679. The first kappa shape index (κ1) is 18.8. The van der Waals surface area contributed by atoms with Crippen molar-refractivity contribution in [3.8, 4) is 0 Å². The summed E-state index contributed by atoms with van der Waals surface area (Å²) in [5, 5.41) is 5.76. The van der Waals surface area contributed by atoms with Crippen molar-refractivity contribution >= 4 is 17.3 Å². The minimum absolute atomic E-state index is 0.232. The average molecular weight is 351 g/mol. The van der Waals surface area contributed by atoms with E-state index in [2.05, 4.69) is 29.5 Å². The Labute approximate surface area is 144 Å². The third-order valence-corrected chi connectivity index (χ3v) is 3.51. The van der Waals surface area contributed by atoms with Crippen molar-refractivity contribution in [2.45, 2.75) is 26.4 Å². The van der Waals surface area contributed by atoms with Crippen LogP contribution in [-0.2, 0) is 6.18 Å². The highest BCUT2D eigenvalue weighted by atomic mass is 19.4. The molecule has 2 rings (SSSR count). The molecular weight excluding hydrogens is 331 g/mol. The van der Waals surface area contributed by atoms with E-state index in [1.165, 1.54) is 24.5 Å². The van der Waals surface area contributed by atoms with Crippen molar-refractivity contribution in [1.29, 1.82) is 0 Å². The second-order valence-electron chi connectivity index (χ2n) is 6.10. The molecule has 0 saturated carbocycles. The highest BCUT2D eigenvalue weighted by Gasteiger charge is 2.29. The fourth-order valence-corrected chi connectivity index (χ4v) is 2.12. The summed E-state index contributed by atoms with van der Waals surface area (Å²) in [6.07, 6.45) is -0.540. The minimum Gasteiger partial charge on any atom is -0.354 e. The first-order valence-corrected chi connectivity index (χ1v) is 7.93. The van der Waals surface area contributed by atoms with Crippen LogP contribution >= 0.6 is 0 Å². The molecule has 0 aliphatic rings. The minimum atomic E-state index is -4.37.